The van der Waals surface area contributed by atoms with Crippen molar-refractivity contribution in [2.24, 2.45) is 5.73 Å². The number of nitrogens with two attached hydrogens (primary N) is 1. The van der Waals surface area contributed by atoms with Crippen LogP contribution in [0.3, 0.4) is 0 Å². The lowest BCUT2D eigenvalue weighted by molar-refractivity contribution is -0.0506. The number of alkyl halides is 3. The molecule has 1 aromatic carbocycles. The topological polar surface area (TPSA) is 35.2 Å². The van der Waals surface area contributed by atoms with Crippen LogP contribution >= 0.6 is 12.4 Å². The van der Waals surface area contributed by atoms with E-state index in [1.807, 2.05) is 0 Å². The van der Waals surface area contributed by atoms with Crippen molar-refractivity contribution in [1.82, 2.24) is 0 Å². The molecule has 0 fully saturated rings. The maximum Gasteiger partial charge on any atom is 0.387 e. The second kappa shape index (κ2) is 6.53. The van der Waals surface area contributed by atoms with Crippen molar-refractivity contribution in [3.63, 3.8) is 0 Å². The Kier molecular flexibility index (Phi) is 6.12. The van der Waals surface area contributed by atoms with Gasteiger partial charge in [-0.15, -0.1) is 12.4 Å². The van der Waals surface area contributed by atoms with Crippen molar-refractivity contribution in [2.75, 3.05) is 6.67 Å². The highest BCUT2D eigenvalue weighted by molar-refractivity contribution is 5.85. The maximum absolute atomic E-state index is 12.2. The molecular formula is C9H11ClF3NO. The molecule has 0 radical (unpaired) electrons. The van der Waals surface area contributed by atoms with E-state index in [2.05, 4.69) is 4.74 Å². The third-order valence-corrected chi connectivity index (χ3v) is 1.70. The van der Waals surface area contributed by atoms with E-state index in [-0.39, 0.29) is 23.7 Å². The zero-order chi connectivity index (χ0) is 10.6. The molecule has 0 aliphatic rings. The van der Waals surface area contributed by atoms with Crippen LogP contribution in [0.1, 0.15) is 11.6 Å². The summed E-state index contributed by atoms with van der Waals surface area (Å²) in [5, 5.41) is 0. The first-order valence-corrected chi connectivity index (χ1v) is 4.00. The number of benzene rings is 1. The van der Waals surface area contributed by atoms with Gasteiger partial charge in [0.05, 0.1) is 6.04 Å². The Balaban J connectivity index is 0.00000196. The molecule has 0 heterocycles. The minimum absolute atomic E-state index is 0. The van der Waals surface area contributed by atoms with Crippen molar-refractivity contribution in [2.45, 2.75) is 12.7 Å². The standard InChI is InChI=1S/C9H10F3NO.ClH/c10-5-7(13)6-3-1-2-4-8(6)14-9(11)12;/h1-4,7,9H,5,13H2;1H/t7-;/m0./s1. The third-order valence-electron chi connectivity index (χ3n) is 1.70. The van der Waals surface area contributed by atoms with E-state index in [0.29, 0.717) is 0 Å². The minimum Gasteiger partial charge on any atom is -0.434 e. The highest BCUT2D eigenvalue weighted by atomic mass is 35.5. The van der Waals surface area contributed by atoms with Crippen LogP contribution in [0, 0.1) is 0 Å². The van der Waals surface area contributed by atoms with Gasteiger partial charge in [0.15, 0.2) is 0 Å². The van der Waals surface area contributed by atoms with Gasteiger partial charge in [-0.2, -0.15) is 8.78 Å². The predicted molar refractivity (Wildman–Crippen MR) is 53.2 cm³/mol. The van der Waals surface area contributed by atoms with E-state index in [1.165, 1.54) is 18.2 Å². The summed E-state index contributed by atoms with van der Waals surface area (Å²) in [6.07, 6.45) is 0. The van der Waals surface area contributed by atoms with Crippen molar-refractivity contribution in [1.29, 1.82) is 0 Å². The van der Waals surface area contributed by atoms with E-state index in [0.717, 1.165) is 0 Å². The average Bonchev–Trinajstić information content (AvgIpc) is 2.16. The first-order chi connectivity index (χ1) is 6.65. The number of ether oxygens (including phenoxy) is 1. The fourth-order valence-electron chi connectivity index (χ4n) is 1.07. The molecule has 2 nitrogen and oxygen atoms in total. The lowest BCUT2D eigenvalue weighted by Gasteiger charge is -2.13. The van der Waals surface area contributed by atoms with Crippen LogP contribution in [0.2, 0.25) is 0 Å². The predicted octanol–water partition coefficient (Wildman–Crippen LogP) is 2.68. The molecule has 6 heteroatoms. The Bertz CT molecular complexity index is 298. The molecule has 0 saturated heterocycles. The number of hydrogen-bond donors (Lipinski definition) is 1. The molecular weight excluding hydrogens is 231 g/mol. The Morgan fingerprint density at radius 1 is 1.27 bits per heavy atom. The molecule has 1 atom stereocenters. The molecule has 2 N–H and O–H groups in total. The van der Waals surface area contributed by atoms with Gasteiger partial charge in [-0.05, 0) is 6.07 Å². The molecule has 86 valence electrons. The summed E-state index contributed by atoms with van der Waals surface area (Å²) in [6, 6.07) is 4.97. The monoisotopic (exact) mass is 241 g/mol. The van der Waals surface area contributed by atoms with Crippen LogP contribution in [-0.4, -0.2) is 13.3 Å². The van der Waals surface area contributed by atoms with Gasteiger partial charge in [0.25, 0.3) is 0 Å². The Morgan fingerprint density at radius 3 is 2.40 bits per heavy atom. The highest BCUT2D eigenvalue weighted by Crippen LogP contribution is 2.25. The zero-order valence-corrected chi connectivity index (χ0v) is 8.52. The normalized spacial score (nSPS) is 12.1. The molecule has 0 amide bonds. The van der Waals surface area contributed by atoms with Gasteiger partial charge in [0.1, 0.15) is 12.4 Å². The zero-order valence-electron chi connectivity index (χ0n) is 7.70. The van der Waals surface area contributed by atoms with Crippen LogP contribution in [-0.2, 0) is 0 Å². The largest absolute Gasteiger partial charge is 0.434 e. The van der Waals surface area contributed by atoms with E-state index < -0.39 is 19.3 Å². The molecule has 1 rings (SSSR count). The molecule has 0 aliphatic carbocycles. The first kappa shape index (κ1) is 14.1. The molecule has 0 saturated carbocycles. The first-order valence-electron chi connectivity index (χ1n) is 4.00. The van der Waals surface area contributed by atoms with Gasteiger partial charge in [0, 0.05) is 5.56 Å². The summed E-state index contributed by atoms with van der Waals surface area (Å²) in [6.45, 7) is -3.74. The van der Waals surface area contributed by atoms with Crippen molar-refractivity contribution >= 4 is 12.4 Å². The van der Waals surface area contributed by atoms with Gasteiger partial charge in [-0.1, -0.05) is 18.2 Å². The van der Waals surface area contributed by atoms with Gasteiger partial charge >= 0.3 is 6.61 Å². The summed E-state index contributed by atoms with van der Waals surface area (Å²) in [5.41, 5.74) is 5.62. The van der Waals surface area contributed by atoms with Gasteiger partial charge < -0.3 is 10.5 Å². The number of para-hydroxylation sites is 1. The Labute approximate surface area is 91.6 Å². The summed E-state index contributed by atoms with van der Waals surface area (Å²) in [5.74, 6) is -0.0762. The summed E-state index contributed by atoms with van der Waals surface area (Å²) >= 11 is 0. The van der Waals surface area contributed by atoms with E-state index >= 15 is 0 Å². The smallest absolute Gasteiger partial charge is 0.387 e. The van der Waals surface area contributed by atoms with Crippen molar-refractivity contribution in [3.05, 3.63) is 29.8 Å². The fourth-order valence-corrected chi connectivity index (χ4v) is 1.07. The number of hydrogen-bond acceptors (Lipinski definition) is 2. The summed E-state index contributed by atoms with van der Waals surface area (Å²) in [4.78, 5) is 0. The lowest BCUT2D eigenvalue weighted by atomic mass is 10.1. The van der Waals surface area contributed by atoms with Crippen LogP contribution in [0.5, 0.6) is 5.75 Å². The minimum atomic E-state index is -2.93. The SMILES string of the molecule is Cl.N[C@@H](CF)c1ccccc1OC(F)F. The molecule has 15 heavy (non-hydrogen) atoms. The Morgan fingerprint density at radius 2 is 1.87 bits per heavy atom. The Hall–Kier alpha value is -0.940. The number of halogens is 4. The van der Waals surface area contributed by atoms with Crippen LogP contribution in [0.25, 0.3) is 0 Å². The van der Waals surface area contributed by atoms with E-state index in [1.54, 1.807) is 6.07 Å². The number of rotatable bonds is 4. The third kappa shape index (κ3) is 3.97. The molecule has 0 bridgehead atoms. The van der Waals surface area contributed by atoms with Crippen LogP contribution in [0.15, 0.2) is 24.3 Å². The average molecular weight is 242 g/mol. The molecule has 1 aromatic rings. The molecule has 0 aliphatic heterocycles. The van der Waals surface area contributed by atoms with E-state index in [9.17, 15) is 13.2 Å². The fraction of sp³-hybridized carbons (Fsp3) is 0.333. The quantitative estimate of drug-likeness (QED) is 0.880. The maximum atomic E-state index is 12.2. The van der Waals surface area contributed by atoms with Crippen molar-refractivity contribution < 1.29 is 17.9 Å². The second-order valence-corrected chi connectivity index (χ2v) is 2.68. The van der Waals surface area contributed by atoms with Gasteiger partial charge in [0.2, 0.25) is 0 Å². The molecule has 0 spiro atoms. The summed E-state index contributed by atoms with van der Waals surface area (Å²) in [7, 11) is 0. The lowest BCUT2D eigenvalue weighted by Crippen LogP contribution is -2.15. The van der Waals surface area contributed by atoms with Gasteiger partial charge in [-0.25, -0.2) is 4.39 Å². The van der Waals surface area contributed by atoms with E-state index in [4.69, 9.17) is 5.73 Å². The molecule has 0 unspecified atom stereocenters. The van der Waals surface area contributed by atoms with Crippen LogP contribution in [0.4, 0.5) is 13.2 Å². The second-order valence-electron chi connectivity index (χ2n) is 2.68. The molecule has 0 aromatic heterocycles. The van der Waals surface area contributed by atoms with Gasteiger partial charge in [-0.3, -0.25) is 0 Å². The highest BCUT2D eigenvalue weighted by Gasteiger charge is 2.14. The van der Waals surface area contributed by atoms with Crippen LogP contribution < -0.4 is 10.5 Å². The van der Waals surface area contributed by atoms with Crippen molar-refractivity contribution in [3.8, 4) is 5.75 Å². The summed E-state index contributed by atoms with van der Waals surface area (Å²) < 4.78 is 40.2.